The van der Waals surface area contributed by atoms with Crippen LogP contribution in [0.25, 0.3) is 22.0 Å². The number of rotatable bonds is 4. The number of nitrogens with two attached hydrogens (primary N) is 1. The fourth-order valence-corrected chi connectivity index (χ4v) is 5.65. The largest absolute Gasteiger partial charge is 0.378 e. The van der Waals surface area contributed by atoms with Gasteiger partial charge in [-0.3, -0.25) is 13.9 Å². The van der Waals surface area contributed by atoms with Gasteiger partial charge in [-0.2, -0.15) is 10.6 Å². The number of benzene rings is 2. The lowest BCUT2D eigenvalue weighted by Gasteiger charge is -2.39. The number of anilines is 1. The van der Waals surface area contributed by atoms with Crippen LogP contribution in [0.2, 0.25) is 0 Å². The van der Waals surface area contributed by atoms with E-state index in [0.29, 0.717) is 17.1 Å². The number of hydrogen-bond donors (Lipinski definition) is 4. The van der Waals surface area contributed by atoms with Crippen LogP contribution < -0.4 is 10.6 Å². The molecule has 2 aromatic carbocycles. The first-order valence-corrected chi connectivity index (χ1v) is 11.6. The fraction of sp³-hybridized carbons (Fsp3) is 0.318. The summed E-state index contributed by atoms with van der Waals surface area (Å²) in [6, 6.07) is 12.1. The molecule has 5 N–H and O–H groups in total. The van der Waals surface area contributed by atoms with Gasteiger partial charge in [-0.25, -0.2) is 0 Å². The molecule has 1 aliphatic heterocycles. The van der Waals surface area contributed by atoms with Crippen LogP contribution in [-0.2, 0) is 0 Å². The van der Waals surface area contributed by atoms with E-state index in [4.69, 9.17) is 5.73 Å². The molecule has 29 heavy (non-hydrogen) atoms. The van der Waals surface area contributed by atoms with Crippen molar-refractivity contribution in [3.05, 3.63) is 53.7 Å². The van der Waals surface area contributed by atoms with Gasteiger partial charge in [-0.1, -0.05) is 12.1 Å². The Balaban J connectivity index is 1.79. The molecule has 0 radical (unpaired) electrons. The Labute approximate surface area is 172 Å². The van der Waals surface area contributed by atoms with Crippen LogP contribution in [0.1, 0.15) is 34.7 Å². The fourth-order valence-electron chi connectivity index (χ4n) is 4.12. The van der Waals surface area contributed by atoms with E-state index in [-0.39, 0.29) is 5.92 Å². The number of hydrogen-bond acceptors (Lipinski definition) is 4. The molecule has 6 nitrogen and oxygen atoms in total. The third kappa shape index (κ3) is 3.85. The first-order chi connectivity index (χ1) is 13.7. The summed E-state index contributed by atoms with van der Waals surface area (Å²) in [6.45, 7) is 0. The molecular formula is C22H27N3O3S. The van der Waals surface area contributed by atoms with Crippen molar-refractivity contribution in [3.8, 4) is 11.1 Å². The highest BCUT2D eigenvalue weighted by atomic mass is 32.3. The second-order valence-electron chi connectivity index (χ2n) is 7.98. The van der Waals surface area contributed by atoms with E-state index in [2.05, 4.69) is 11.1 Å². The van der Waals surface area contributed by atoms with E-state index in [1.165, 1.54) is 0 Å². The number of H-pyrrole nitrogens is 1. The van der Waals surface area contributed by atoms with Crippen molar-refractivity contribution >= 4 is 33.1 Å². The average Bonchev–Trinajstić information content (AvgIpc) is 3.11. The lowest BCUT2D eigenvalue weighted by Crippen LogP contribution is -2.19. The number of aromatic nitrogens is 1. The predicted octanol–water partition coefficient (Wildman–Crippen LogP) is 4.63. The van der Waals surface area contributed by atoms with E-state index in [1.807, 2.05) is 55.5 Å². The molecule has 0 atom stereocenters. The minimum atomic E-state index is -2.43. The van der Waals surface area contributed by atoms with Gasteiger partial charge in [-0.05, 0) is 59.7 Å². The number of nitrogens with zero attached hydrogens (tertiary/aromatic N) is 1. The molecule has 1 aliphatic rings. The highest BCUT2D eigenvalue weighted by molar-refractivity contribution is 8.24. The zero-order chi connectivity index (χ0) is 20.8. The SMILES string of the molecule is CN(C)c1ccc(-c2cc(C(N)=O)c3[nH]cc(C4CCS(O)(O)CC4)c3c2)cc1. The van der Waals surface area contributed by atoms with Gasteiger partial charge >= 0.3 is 0 Å². The third-order valence-corrected chi connectivity index (χ3v) is 7.61. The Morgan fingerprint density at radius 2 is 1.76 bits per heavy atom. The Bertz CT molecular complexity index is 1050. The van der Waals surface area contributed by atoms with Gasteiger partial charge in [-0.15, -0.1) is 0 Å². The van der Waals surface area contributed by atoms with Crippen molar-refractivity contribution < 1.29 is 13.9 Å². The number of fused-ring (bicyclic) bond motifs is 1. The van der Waals surface area contributed by atoms with Gasteiger partial charge in [0.15, 0.2) is 0 Å². The van der Waals surface area contributed by atoms with Crippen LogP contribution >= 0.6 is 10.6 Å². The molecule has 0 spiro atoms. The monoisotopic (exact) mass is 413 g/mol. The van der Waals surface area contributed by atoms with E-state index in [0.717, 1.165) is 46.1 Å². The topological polar surface area (TPSA) is 103 Å². The highest BCUT2D eigenvalue weighted by Crippen LogP contribution is 2.49. The quantitative estimate of drug-likeness (QED) is 0.501. The minimum absolute atomic E-state index is 0.232. The van der Waals surface area contributed by atoms with E-state index in [1.54, 1.807) is 0 Å². The summed E-state index contributed by atoms with van der Waals surface area (Å²) in [6.07, 6.45) is 3.39. The number of aromatic amines is 1. The van der Waals surface area contributed by atoms with Gasteiger partial charge in [0.25, 0.3) is 5.91 Å². The third-order valence-electron chi connectivity index (χ3n) is 5.83. The van der Waals surface area contributed by atoms with Crippen molar-refractivity contribution in [2.75, 3.05) is 30.5 Å². The van der Waals surface area contributed by atoms with Crippen molar-refractivity contribution in [1.82, 2.24) is 4.98 Å². The van der Waals surface area contributed by atoms with Crippen LogP contribution in [0.5, 0.6) is 0 Å². The van der Waals surface area contributed by atoms with E-state index in [9.17, 15) is 13.9 Å². The molecule has 3 aromatic rings. The molecule has 1 aromatic heterocycles. The van der Waals surface area contributed by atoms with Crippen LogP contribution in [0.4, 0.5) is 5.69 Å². The first kappa shape index (κ1) is 19.8. The van der Waals surface area contributed by atoms with E-state index < -0.39 is 16.5 Å². The molecule has 2 heterocycles. The molecule has 0 unspecified atom stereocenters. The zero-order valence-corrected chi connectivity index (χ0v) is 17.5. The Kier molecular flexibility index (Phi) is 5.06. The predicted molar refractivity (Wildman–Crippen MR) is 121 cm³/mol. The van der Waals surface area contributed by atoms with Crippen LogP contribution in [0.15, 0.2) is 42.6 Å². The van der Waals surface area contributed by atoms with Crippen molar-refractivity contribution in [2.24, 2.45) is 5.73 Å². The maximum atomic E-state index is 12.1. The molecule has 0 aliphatic carbocycles. The molecule has 1 fully saturated rings. The molecular weight excluding hydrogens is 386 g/mol. The normalized spacial score (nSPS) is 17.9. The van der Waals surface area contributed by atoms with Crippen LogP contribution in [-0.4, -0.2) is 45.6 Å². The summed E-state index contributed by atoms with van der Waals surface area (Å²) in [7, 11) is 1.56. The van der Waals surface area contributed by atoms with Crippen molar-refractivity contribution in [3.63, 3.8) is 0 Å². The second-order valence-corrected chi connectivity index (χ2v) is 10.4. The minimum Gasteiger partial charge on any atom is -0.378 e. The lowest BCUT2D eigenvalue weighted by atomic mass is 9.91. The summed E-state index contributed by atoms with van der Waals surface area (Å²) in [5.41, 5.74) is 11.1. The summed E-state index contributed by atoms with van der Waals surface area (Å²) in [5.74, 6) is 0.626. The number of amides is 1. The van der Waals surface area contributed by atoms with Crippen LogP contribution in [0.3, 0.4) is 0 Å². The maximum Gasteiger partial charge on any atom is 0.250 e. The molecule has 7 heteroatoms. The Morgan fingerprint density at radius 1 is 1.10 bits per heavy atom. The molecule has 1 saturated heterocycles. The molecule has 154 valence electrons. The van der Waals surface area contributed by atoms with Crippen molar-refractivity contribution in [1.29, 1.82) is 0 Å². The lowest BCUT2D eigenvalue weighted by molar-refractivity contribution is 0.100. The standard InChI is InChI=1S/C22H27N3O3S/c1-25(2)17-5-3-14(4-6-17)16-11-18-20(15-7-9-29(27,28)10-8-15)13-24-21(18)19(12-16)22(23)26/h3-6,11-13,15,24,27-28H,7-10H2,1-2H3,(H2,23,26). The number of nitrogens with one attached hydrogen (secondary N) is 1. The van der Waals surface area contributed by atoms with Crippen molar-refractivity contribution in [2.45, 2.75) is 18.8 Å². The number of carbonyl (C=O) groups excluding carboxylic acids is 1. The summed E-state index contributed by atoms with van der Waals surface area (Å²) in [5, 5.41) is 0.983. The van der Waals surface area contributed by atoms with Gasteiger partial charge in [0, 0.05) is 42.9 Å². The molecule has 4 rings (SSSR count). The average molecular weight is 414 g/mol. The van der Waals surface area contributed by atoms with Gasteiger partial charge in [0.1, 0.15) is 0 Å². The Morgan fingerprint density at radius 3 is 2.34 bits per heavy atom. The molecule has 1 amide bonds. The summed E-state index contributed by atoms with van der Waals surface area (Å²) in [4.78, 5) is 17.4. The molecule has 0 bridgehead atoms. The highest BCUT2D eigenvalue weighted by Gasteiger charge is 2.27. The zero-order valence-electron chi connectivity index (χ0n) is 16.7. The first-order valence-electron chi connectivity index (χ1n) is 9.71. The second kappa shape index (κ2) is 7.40. The Hall–Kier alpha value is -2.48. The van der Waals surface area contributed by atoms with Gasteiger partial charge < -0.3 is 15.6 Å². The van der Waals surface area contributed by atoms with Gasteiger partial charge in [0.05, 0.1) is 11.1 Å². The van der Waals surface area contributed by atoms with E-state index >= 15 is 0 Å². The summed E-state index contributed by atoms with van der Waals surface area (Å²) < 4.78 is 19.9. The van der Waals surface area contributed by atoms with Gasteiger partial charge in [0.2, 0.25) is 0 Å². The maximum absolute atomic E-state index is 12.1. The smallest absolute Gasteiger partial charge is 0.250 e. The number of carbonyl (C=O) groups is 1. The summed E-state index contributed by atoms with van der Waals surface area (Å²) >= 11 is 0. The van der Waals surface area contributed by atoms with Crippen LogP contribution in [0, 0.1) is 0 Å². The molecule has 0 saturated carbocycles. The number of primary amides is 1.